The van der Waals surface area contributed by atoms with Gasteiger partial charge in [-0.05, 0) is 17.9 Å². The van der Waals surface area contributed by atoms with Crippen molar-refractivity contribution in [1.29, 1.82) is 0 Å². The fourth-order valence-electron chi connectivity index (χ4n) is 2.59. The van der Waals surface area contributed by atoms with E-state index in [0.717, 1.165) is 35.0 Å². The molecule has 3 rings (SSSR count). The highest BCUT2D eigenvalue weighted by molar-refractivity contribution is 5.85. The second kappa shape index (κ2) is 6.03. The predicted octanol–water partition coefficient (Wildman–Crippen LogP) is 2.39. The number of hydrogen-bond donors (Lipinski definition) is 2. The molecular weight excluding hydrogens is 262 g/mol. The summed E-state index contributed by atoms with van der Waals surface area (Å²) < 4.78 is 1.94. The van der Waals surface area contributed by atoms with Gasteiger partial charge in [0.05, 0.1) is 17.9 Å². The van der Waals surface area contributed by atoms with Gasteiger partial charge in [-0.3, -0.25) is 15.5 Å². The number of rotatable bonds is 5. The molecular formula is C16H19N5. The average Bonchev–Trinajstić information content (AvgIpc) is 2.97. The smallest absolute Gasteiger partial charge is 0.0918 e. The minimum absolute atomic E-state index is 0.165. The van der Waals surface area contributed by atoms with E-state index in [1.807, 2.05) is 41.5 Å². The van der Waals surface area contributed by atoms with Gasteiger partial charge in [0.25, 0.3) is 0 Å². The van der Waals surface area contributed by atoms with E-state index in [1.165, 1.54) is 0 Å². The zero-order chi connectivity index (χ0) is 14.7. The first-order valence-electron chi connectivity index (χ1n) is 7.15. The summed E-state index contributed by atoms with van der Waals surface area (Å²) in [6, 6.07) is 10.0. The Labute approximate surface area is 123 Å². The SMILES string of the molecule is CCCn1cc(C(NN)c2nccc3ccccc23)cn1. The minimum atomic E-state index is -0.165. The molecule has 0 radical (unpaired) electrons. The van der Waals surface area contributed by atoms with Gasteiger partial charge in [-0.15, -0.1) is 0 Å². The summed E-state index contributed by atoms with van der Waals surface area (Å²) in [5, 5.41) is 6.63. The molecule has 0 aliphatic carbocycles. The molecule has 5 heteroatoms. The predicted molar refractivity (Wildman–Crippen MR) is 83.4 cm³/mol. The summed E-state index contributed by atoms with van der Waals surface area (Å²) in [5.74, 6) is 5.78. The second-order valence-corrected chi connectivity index (χ2v) is 5.05. The van der Waals surface area contributed by atoms with Crippen LogP contribution in [0.4, 0.5) is 0 Å². The molecule has 0 bridgehead atoms. The van der Waals surface area contributed by atoms with E-state index in [4.69, 9.17) is 5.84 Å². The average molecular weight is 281 g/mol. The number of nitrogens with two attached hydrogens (primary N) is 1. The molecule has 21 heavy (non-hydrogen) atoms. The van der Waals surface area contributed by atoms with Crippen molar-refractivity contribution in [3.8, 4) is 0 Å². The van der Waals surface area contributed by atoms with Crippen molar-refractivity contribution in [3.05, 3.63) is 60.2 Å². The molecule has 0 saturated heterocycles. The van der Waals surface area contributed by atoms with Crippen LogP contribution in [0.15, 0.2) is 48.9 Å². The zero-order valence-electron chi connectivity index (χ0n) is 12.0. The molecule has 0 fully saturated rings. The number of hydrazine groups is 1. The highest BCUT2D eigenvalue weighted by atomic mass is 15.3. The van der Waals surface area contributed by atoms with Crippen LogP contribution in [0.3, 0.4) is 0 Å². The van der Waals surface area contributed by atoms with Gasteiger partial charge >= 0.3 is 0 Å². The molecule has 3 N–H and O–H groups in total. The van der Waals surface area contributed by atoms with Gasteiger partial charge in [0.15, 0.2) is 0 Å². The first-order valence-corrected chi connectivity index (χ1v) is 7.15. The molecule has 2 heterocycles. The fraction of sp³-hybridized carbons (Fsp3) is 0.250. The monoisotopic (exact) mass is 281 g/mol. The minimum Gasteiger partial charge on any atom is -0.272 e. The standard InChI is InChI=1S/C16H19N5/c1-2-9-21-11-13(10-19-21)15(20-17)16-14-6-4-3-5-12(14)7-8-18-16/h3-8,10-11,15,20H,2,9,17H2,1H3. The van der Waals surface area contributed by atoms with E-state index in [0.29, 0.717) is 0 Å². The van der Waals surface area contributed by atoms with Crippen LogP contribution in [0.25, 0.3) is 10.8 Å². The van der Waals surface area contributed by atoms with Gasteiger partial charge in [-0.1, -0.05) is 31.2 Å². The van der Waals surface area contributed by atoms with Crippen molar-refractivity contribution < 1.29 is 0 Å². The molecule has 5 nitrogen and oxygen atoms in total. The van der Waals surface area contributed by atoms with Crippen molar-refractivity contribution in [2.75, 3.05) is 0 Å². The summed E-state index contributed by atoms with van der Waals surface area (Å²) in [6.45, 7) is 3.03. The summed E-state index contributed by atoms with van der Waals surface area (Å²) >= 11 is 0. The fourth-order valence-corrected chi connectivity index (χ4v) is 2.59. The maximum absolute atomic E-state index is 5.78. The van der Waals surface area contributed by atoms with Crippen LogP contribution in [-0.4, -0.2) is 14.8 Å². The normalized spacial score (nSPS) is 12.7. The highest BCUT2D eigenvalue weighted by Crippen LogP contribution is 2.26. The first-order chi connectivity index (χ1) is 10.3. The summed E-state index contributed by atoms with van der Waals surface area (Å²) in [5.41, 5.74) is 4.81. The molecule has 2 aromatic heterocycles. The van der Waals surface area contributed by atoms with E-state index >= 15 is 0 Å². The van der Waals surface area contributed by atoms with Gasteiger partial charge in [0.2, 0.25) is 0 Å². The third kappa shape index (κ3) is 2.66. The van der Waals surface area contributed by atoms with Crippen LogP contribution in [0.1, 0.15) is 30.6 Å². The van der Waals surface area contributed by atoms with E-state index in [2.05, 4.69) is 34.6 Å². The van der Waals surface area contributed by atoms with Crippen molar-refractivity contribution in [3.63, 3.8) is 0 Å². The van der Waals surface area contributed by atoms with Crippen LogP contribution in [0.2, 0.25) is 0 Å². The Morgan fingerprint density at radius 3 is 2.95 bits per heavy atom. The summed E-state index contributed by atoms with van der Waals surface area (Å²) in [6.07, 6.45) is 6.74. The number of pyridine rings is 1. The third-order valence-electron chi connectivity index (χ3n) is 3.58. The van der Waals surface area contributed by atoms with Gasteiger partial charge in [-0.25, -0.2) is 5.43 Å². The van der Waals surface area contributed by atoms with Crippen LogP contribution in [0.5, 0.6) is 0 Å². The van der Waals surface area contributed by atoms with Crippen LogP contribution in [0, 0.1) is 0 Å². The molecule has 3 aromatic rings. The van der Waals surface area contributed by atoms with Crippen LogP contribution >= 0.6 is 0 Å². The number of fused-ring (bicyclic) bond motifs is 1. The Bertz CT molecular complexity index is 729. The van der Waals surface area contributed by atoms with Crippen molar-refractivity contribution in [2.45, 2.75) is 25.9 Å². The number of nitrogens with zero attached hydrogens (tertiary/aromatic N) is 3. The second-order valence-electron chi connectivity index (χ2n) is 5.05. The number of hydrogen-bond acceptors (Lipinski definition) is 4. The number of aromatic nitrogens is 3. The number of aryl methyl sites for hydroxylation is 1. The van der Waals surface area contributed by atoms with Gasteiger partial charge in [-0.2, -0.15) is 5.10 Å². The molecule has 0 saturated carbocycles. The lowest BCUT2D eigenvalue weighted by molar-refractivity contribution is 0.596. The lowest BCUT2D eigenvalue weighted by atomic mass is 10.0. The number of benzene rings is 1. The largest absolute Gasteiger partial charge is 0.272 e. The van der Waals surface area contributed by atoms with Crippen molar-refractivity contribution >= 4 is 10.8 Å². The molecule has 1 atom stereocenters. The first kappa shape index (κ1) is 13.7. The Hall–Kier alpha value is -2.24. The summed E-state index contributed by atoms with van der Waals surface area (Å²) in [7, 11) is 0. The van der Waals surface area contributed by atoms with Crippen LogP contribution in [-0.2, 0) is 6.54 Å². The lowest BCUT2D eigenvalue weighted by Crippen LogP contribution is -2.29. The number of nitrogens with one attached hydrogen (secondary N) is 1. The Morgan fingerprint density at radius 2 is 2.14 bits per heavy atom. The zero-order valence-corrected chi connectivity index (χ0v) is 12.0. The molecule has 0 amide bonds. The van der Waals surface area contributed by atoms with E-state index < -0.39 is 0 Å². The molecule has 0 aliphatic rings. The van der Waals surface area contributed by atoms with E-state index in [1.54, 1.807) is 0 Å². The maximum Gasteiger partial charge on any atom is 0.0918 e. The molecule has 1 unspecified atom stereocenters. The van der Waals surface area contributed by atoms with Gasteiger partial charge in [0.1, 0.15) is 0 Å². The van der Waals surface area contributed by atoms with Crippen molar-refractivity contribution in [1.82, 2.24) is 20.2 Å². The quantitative estimate of drug-likeness (QED) is 0.556. The molecule has 1 aromatic carbocycles. The topological polar surface area (TPSA) is 68.8 Å². The Balaban J connectivity index is 2.05. The van der Waals surface area contributed by atoms with Crippen LogP contribution < -0.4 is 11.3 Å². The van der Waals surface area contributed by atoms with E-state index in [9.17, 15) is 0 Å². The molecule has 0 spiro atoms. The van der Waals surface area contributed by atoms with Crippen molar-refractivity contribution in [2.24, 2.45) is 5.84 Å². The molecule has 108 valence electrons. The Morgan fingerprint density at radius 1 is 1.29 bits per heavy atom. The lowest BCUT2D eigenvalue weighted by Gasteiger charge is -2.15. The van der Waals surface area contributed by atoms with E-state index in [-0.39, 0.29) is 6.04 Å². The highest BCUT2D eigenvalue weighted by Gasteiger charge is 2.18. The van der Waals surface area contributed by atoms with Gasteiger partial charge in [0, 0.05) is 29.9 Å². The Kier molecular flexibility index (Phi) is 3.94. The summed E-state index contributed by atoms with van der Waals surface area (Å²) in [4.78, 5) is 4.53. The third-order valence-corrected chi connectivity index (χ3v) is 3.58. The van der Waals surface area contributed by atoms with Gasteiger partial charge < -0.3 is 0 Å². The maximum atomic E-state index is 5.78. The molecule has 0 aliphatic heterocycles.